The molecule has 0 radical (unpaired) electrons. The topological polar surface area (TPSA) is 57.2 Å². The van der Waals surface area contributed by atoms with Gasteiger partial charge < -0.3 is 27.8 Å². The van der Waals surface area contributed by atoms with Crippen molar-refractivity contribution in [3.05, 3.63) is 29.3 Å². The average Bonchev–Trinajstić information content (AvgIpc) is 2.37. The SMILES string of the molecule is CCN(C)C(=O)Oc1ccc2c(c1)CC([NH3+])CC2.[Cl-]. The molecule has 1 aliphatic carbocycles. The number of aryl methyl sites for hydroxylation is 1. The Hall–Kier alpha value is -1.26. The van der Waals surface area contributed by atoms with Gasteiger partial charge in [-0.3, -0.25) is 0 Å². The lowest BCUT2D eigenvalue weighted by molar-refractivity contribution is -0.421. The number of fused-ring (bicyclic) bond motifs is 1. The van der Waals surface area contributed by atoms with Crippen molar-refractivity contribution in [3.8, 4) is 5.75 Å². The fourth-order valence-electron chi connectivity index (χ4n) is 2.18. The van der Waals surface area contributed by atoms with Gasteiger partial charge >= 0.3 is 6.09 Å². The number of hydrogen-bond acceptors (Lipinski definition) is 2. The normalized spacial score (nSPS) is 17.1. The first kappa shape index (κ1) is 15.8. The van der Waals surface area contributed by atoms with Crippen molar-refractivity contribution in [1.29, 1.82) is 0 Å². The summed E-state index contributed by atoms with van der Waals surface area (Å²) in [6.07, 6.45) is 2.89. The summed E-state index contributed by atoms with van der Waals surface area (Å²) >= 11 is 0. The third-order valence-corrected chi connectivity index (χ3v) is 3.50. The van der Waals surface area contributed by atoms with Gasteiger partial charge in [0, 0.05) is 26.4 Å². The van der Waals surface area contributed by atoms with E-state index in [9.17, 15) is 4.79 Å². The first-order chi connectivity index (χ1) is 8.60. The number of benzene rings is 1. The van der Waals surface area contributed by atoms with Crippen LogP contribution in [0.1, 0.15) is 24.5 Å². The van der Waals surface area contributed by atoms with Crippen LogP contribution in [-0.2, 0) is 12.8 Å². The lowest BCUT2D eigenvalue weighted by Crippen LogP contribution is -3.00. The summed E-state index contributed by atoms with van der Waals surface area (Å²) in [4.78, 5) is 13.2. The molecule has 106 valence electrons. The van der Waals surface area contributed by atoms with Crippen molar-refractivity contribution in [3.63, 3.8) is 0 Å². The standard InChI is InChI=1S/C14H20N2O2.ClH/c1-3-16(2)14(17)18-13-7-5-10-4-6-12(15)8-11(10)9-13;/h5,7,9,12H,3-4,6,8,15H2,1-2H3;1H. The molecule has 19 heavy (non-hydrogen) atoms. The number of quaternary nitrogens is 1. The first-order valence-electron chi connectivity index (χ1n) is 6.48. The van der Waals surface area contributed by atoms with E-state index in [2.05, 4.69) is 11.8 Å². The fraction of sp³-hybridized carbons (Fsp3) is 0.500. The Bertz CT molecular complexity index is 451. The Morgan fingerprint density at radius 3 is 2.89 bits per heavy atom. The van der Waals surface area contributed by atoms with E-state index in [4.69, 9.17) is 4.74 Å². The lowest BCUT2D eigenvalue weighted by Gasteiger charge is -2.20. The second-order valence-electron chi connectivity index (χ2n) is 4.92. The molecule has 0 bridgehead atoms. The van der Waals surface area contributed by atoms with Crippen molar-refractivity contribution in [2.75, 3.05) is 13.6 Å². The van der Waals surface area contributed by atoms with Gasteiger partial charge in [0.25, 0.3) is 0 Å². The van der Waals surface area contributed by atoms with Gasteiger partial charge in [0.15, 0.2) is 0 Å². The van der Waals surface area contributed by atoms with Crippen molar-refractivity contribution in [1.82, 2.24) is 4.90 Å². The van der Waals surface area contributed by atoms with Crippen LogP contribution in [0, 0.1) is 0 Å². The molecule has 2 rings (SSSR count). The van der Waals surface area contributed by atoms with E-state index in [1.54, 1.807) is 11.9 Å². The lowest BCUT2D eigenvalue weighted by atomic mass is 9.89. The van der Waals surface area contributed by atoms with Crippen LogP contribution in [-0.4, -0.2) is 30.6 Å². The molecule has 1 aliphatic rings. The van der Waals surface area contributed by atoms with Crippen LogP contribution in [0.25, 0.3) is 0 Å². The monoisotopic (exact) mass is 284 g/mol. The summed E-state index contributed by atoms with van der Waals surface area (Å²) < 4.78 is 5.33. The number of carbonyl (C=O) groups is 1. The smallest absolute Gasteiger partial charge is 0.414 e. The number of hydrogen-bond donors (Lipinski definition) is 1. The maximum absolute atomic E-state index is 11.7. The molecule has 0 aromatic heterocycles. The molecule has 1 unspecified atom stereocenters. The van der Waals surface area contributed by atoms with Crippen LogP contribution in [0.15, 0.2) is 18.2 Å². The number of rotatable bonds is 2. The second kappa shape index (κ2) is 6.78. The number of halogens is 1. The highest BCUT2D eigenvalue weighted by Gasteiger charge is 2.19. The third-order valence-electron chi connectivity index (χ3n) is 3.50. The summed E-state index contributed by atoms with van der Waals surface area (Å²) in [5, 5.41) is 0. The number of carbonyl (C=O) groups excluding carboxylic acids is 1. The third kappa shape index (κ3) is 3.85. The number of amides is 1. The first-order valence-corrected chi connectivity index (χ1v) is 6.48. The predicted octanol–water partition coefficient (Wildman–Crippen LogP) is -1.76. The van der Waals surface area contributed by atoms with Gasteiger partial charge in [0.2, 0.25) is 0 Å². The van der Waals surface area contributed by atoms with Gasteiger partial charge in [-0.1, -0.05) is 6.07 Å². The van der Waals surface area contributed by atoms with Crippen LogP contribution in [0.5, 0.6) is 5.75 Å². The quantitative estimate of drug-likeness (QED) is 0.700. The molecular weight excluding hydrogens is 264 g/mol. The molecule has 3 N–H and O–H groups in total. The zero-order chi connectivity index (χ0) is 13.1. The van der Waals surface area contributed by atoms with Crippen LogP contribution in [0.2, 0.25) is 0 Å². The molecule has 1 aromatic carbocycles. The van der Waals surface area contributed by atoms with E-state index < -0.39 is 0 Å². The highest BCUT2D eigenvalue weighted by atomic mass is 35.5. The molecule has 0 aliphatic heterocycles. The largest absolute Gasteiger partial charge is 1.00 e. The minimum Gasteiger partial charge on any atom is -1.00 e. The van der Waals surface area contributed by atoms with Gasteiger partial charge in [-0.15, -0.1) is 0 Å². The van der Waals surface area contributed by atoms with Crippen molar-refractivity contribution in [2.24, 2.45) is 0 Å². The Labute approximate surface area is 120 Å². The summed E-state index contributed by atoms with van der Waals surface area (Å²) in [5.74, 6) is 0.633. The molecular formula is C14H21ClN2O2. The maximum atomic E-state index is 11.7. The average molecular weight is 285 g/mol. The van der Waals surface area contributed by atoms with Crippen LogP contribution in [0.3, 0.4) is 0 Å². The predicted molar refractivity (Wildman–Crippen MR) is 69.5 cm³/mol. The summed E-state index contributed by atoms with van der Waals surface area (Å²) in [6, 6.07) is 6.40. The molecule has 0 fully saturated rings. The van der Waals surface area contributed by atoms with Crippen molar-refractivity contribution < 1.29 is 27.7 Å². The van der Waals surface area contributed by atoms with Crippen molar-refractivity contribution in [2.45, 2.75) is 32.2 Å². The summed E-state index contributed by atoms with van der Waals surface area (Å²) in [6.45, 7) is 2.56. The van der Waals surface area contributed by atoms with Crippen LogP contribution < -0.4 is 22.9 Å². The molecule has 0 saturated carbocycles. The number of nitrogens with zero attached hydrogens (tertiary/aromatic N) is 1. The van der Waals surface area contributed by atoms with E-state index in [1.165, 1.54) is 11.1 Å². The maximum Gasteiger partial charge on any atom is 0.414 e. The zero-order valence-corrected chi connectivity index (χ0v) is 12.2. The van der Waals surface area contributed by atoms with Gasteiger partial charge in [-0.2, -0.15) is 0 Å². The fourth-order valence-corrected chi connectivity index (χ4v) is 2.18. The van der Waals surface area contributed by atoms with Crippen molar-refractivity contribution >= 4 is 6.09 Å². The van der Waals surface area contributed by atoms with Crippen LogP contribution in [0.4, 0.5) is 4.79 Å². The van der Waals surface area contributed by atoms with E-state index in [1.807, 2.05) is 19.1 Å². The molecule has 1 atom stereocenters. The minimum atomic E-state index is -0.306. The molecule has 0 spiro atoms. The Kier molecular flexibility index (Phi) is 5.63. The van der Waals surface area contributed by atoms with Gasteiger partial charge in [0.1, 0.15) is 5.75 Å². The van der Waals surface area contributed by atoms with Gasteiger partial charge in [-0.25, -0.2) is 4.79 Å². The Morgan fingerprint density at radius 2 is 2.21 bits per heavy atom. The van der Waals surface area contributed by atoms with Gasteiger partial charge in [-0.05, 0) is 36.6 Å². The van der Waals surface area contributed by atoms with E-state index in [-0.39, 0.29) is 18.5 Å². The highest BCUT2D eigenvalue weighted by Crippen LogP contribution is 2.24. The number of ether oxygens (including phenoxy) is 1. The molecule has 1 aromatic rings. The molecule has 1 amide bonds. The van der Waals surface area contributed by atoms with E-state index >= 15 is 0 Å². The molecule has 0 saturated heterocycles. The molecule has 5 heteroatoms. The Balaban J connectivity index is 0.00000180. The van der Waals surface area contributed by atoms with Crippen LogP contribution >= 0.6 is 0 Å². The highest BCUT2D eigenvalue weighted by molar-refractivity contribution is 5.70. The van der Waals surface area contributed by atoms with E-state index in [0.717, 1.165) is 19.3 Å². The Morgan fingerprint density at radius 1 is 1.47 bits per heavy atom. The molecule has 0 heterocycles. The summed E-state index contributed by atoms with van der Waals surface area (Å²) in [7, 11) is 1.73. The minimum absolute atomic E-state index is 0. The van der Waals surface area contributed by atoms with E-state index in [0.29, 0.717) is 18.3 Å². The summed E-state index contributed by atoms with van der Waals surface area (Å²) in [5.41, 5.74) is 6.74. The molecule has 4 nitrogen and oxygen atoms in total. The zero-order valence-electron chi connectivity index (χ0n) is 11.5. The van der Waals surface area contributed by atoms with Gasteiger partial charge in [0.05, 0.1) is 6.04 Å². The second-order valence-corrected chi connectivity index (χ2v) is 4.92.